The summed E-state index contributed by atoms with van der Waals surface area (Å²) in [7, 11) is 1.46. The molecule has 3 aromatic rings. The van der Waals surface area contributed by atoms with Crippen LogP contribution in [-0.2, 0) is 4.79 Å². The zero-order valence-electron chi connectivity index (χ0n) is 16.7. The lowest BCUT2D eigenvalue weighted by Gasteiger charge is -2.10. The van der Waals surface area contributed by atoms with Gasteiger partial charge in [0.1, 0.15) is 11.9 Å². The van der Waals surface area contributed by atoms with E-state index >= 15 is 0 Å². The highest BCUT2D eigenvalue weighted by molar-refractivity contribution is 6.30. The molecule has 1 heterocycles. The third kappa shape index (κ3) is 6.41. The van der Waals surface area contributed by atoms with Crippen LogP contribution in [0.2, 0.25) is 5.02 Å². The normalized spacial score (nSPS) is 10.6. The second kappa shape index (κ2) is 10.7. The molecule has 1 amide bonds. The standard InChI is InChI=1S/C21H17ClN4O6/c1-30-19-10-14(2-8-18(19)32-21-9-5-16(12-23-21)26(28)29)11-24-25-20(27)13-31-17-6-3-15(22)4-7-17/h2-12H,13H2,1H3,(H,25,27)/b24-11+. The number of rotatable bonds is 9. The largest absolute Gasteiger partial charge is 0.493 e. The van der Waals surface area contributed by atoms with E-state index in [1.165, 1.54) is 25.5 Å². The minimum atomic E-state index is -0.548. The number of benzene rings is 2. The van der Waals surface area contributed by atoms with Crippen molar-refractivity contribution < 1.29 is 23.9 Å². The summed E-state index contributed by atoms with van der Waals surface area (Å²) in [5.74, 6) is 0.977. The highest BCUT2D eigenvalue weighted by Gasteiger charge is 2.10. The maximum Gasteiger partial charge on any atom is 0.287 e. The molecule has 3 rings (SSSR count). The number of halogens is 1. The number of nitrogens with zero attached hydrogens (tertiary/aromatic N) is 3. The summed E-state index contributed by atoms with van der Waals surface area (Å²) in [6, 6.07) is 14.2. The zero-order valence-corrected chi connectivity index (χ0v) is 17.5. The zero-order chi connectivity index (χ0) is 22.9. The molecule has 0 radical (unpaired) electrons. The smallest absolute Gasteiger partial charge is 0.287 e. The number of pyridine rings is 1. The molecule has 0 aliphatic rings. The Bertz CT molecular complexity index is 1120. The molecule has 0 bridgehead atoms. The van der Waals surface area contributed by atoms with E-state index in [1.54, 1.807) is 42.5 Å². The first-order chi connectivity index (χ1) is 15.4. The molecule has 0 fully saturated rings. The van der Waals surface area contributed by atoms with Crippen molar-refractivity contribution in [3.05, 3.63) is 81.5 Å². The van der Waals surface area contributed by atoms with Crippen molar-refractivity contribution in [2.75, 3.05) is 13.7 Å². The predicted octanol–water partition coefficient (Wildman–Crippen LogP) is 3.97. The summed E-state index contributed by atoms with van der Waals surface area (Å²) in [5.41, 5.74) is 2.85. The van der Waals surface area contributed by atoms with Crippen LogP contribution in [0.5, 0.6) is 23.1 Å². The van der Waals surface area contributed by atoms with Crippen molar-refractivity contribution in [1.29, 1.82) is 0 Å². The molecule has 0 aliphatic carbocycles. The molecule has 0 aliphatic heterocycles. The van der Waals surface area contributed by atoms with Gasteiger partial charge in [0.2, 0.25) is 5.88 Å². The van der Waals surface area contributed by atoms with Gasteiger partial charge in [-0.1, -0.05) is 11.6 Å². The van der Waals surface area contributed by atoms with Gasteiger partial charge in [0.15, 0.2) is 18.1 Å². The SMILES string of the molecule is COc1cc(/C=N/NC(=O)COc2ccc(Cl)cc2)ccc1Oc1ccc([N+](=O)[O-])cn1. The Morgan fingerprint density at radius 1 is 1.19 bits per heavy atom. The third-order valence-corrected chi connectivity index (χ3v) is 4.17. The minimum Gasteiger partial charge on any atom is -0.493 e. The van der Waals surface area contributed by atoms with Crippen molar-refractivity contribution in [1.82, 2.24) is 10.4 Å². The lowest BCUT2D eigenvalue weighted by molar-refractivity contribution is -0.385. The summed E-state index contributed by atoms with van der Waals surface area (Å²) in [6.45, 7) is -0.211. The van der Waals surface area contributed by atoms with Gasteiger partial charge in [0.05, 0.1) is 18.2 Å². The van der Waals surface area contributed by atoms with Crippen LogP contribution >= 0.6 is 11.6 Å². The lowest BCUT2D eigenvalue weighted by Crippen LogP contribution is -2.24. The van der Waals surface area contributed by atoms with Crippen LogP contribution in [0, 0.1) is 10.1 Å². The van der Waals surface area contributed by atoms with Gasteiger partial charge >= 0.3 is 0 Å². The molecular formula is C21H17ClN4O6. The Balaban J connectivity index is 1.56. The number of methoxy groups -OCH3 is 1. The van der Waals surface area contributed by atoms with Crippen molar-refractivity contribution in [3.63, 3.8) is 0 Å². The number of hydrogen-bond acceptors (Lipinski definition) is 8. The Kier molecular flexibility index (Phi) is 7.55. The summed E-state index contributed by atoms with van der Waals surface area (Å²) in [6.07, 6.45) is 2.53. The summed E-state index contributed by atoms with van der Waals surface area (Å²) in [4.78, 5) is 25.9. The van der Waals surface area contributed by atoms with Crippen molar-refractivity contribution >= 4 is 29.4 Å². The molecule has 164 valence electrons. The van der Waals surface area contributed by atoms with E-state index < -0.39 is 10.8 Å². The van der Waals surface area contributed by atoms with E-state index in [2.05, 4.69) is 15.5 Å². The number of nitrogens with one attached hydrogen (secondary N) is 1. The Labute approximate surface area is 187 Å². The van der Waals surface area contributed by atoms with Crippen LogP contribution in [0.4, 0.5) is 5.69 Å². The first kappa shape index (κ1) is 22.5. The molecule has 11 heteroatoms. The molecule has 32 heavy (non-hydrogen) atoms. The number of nitro groups is 1. The maximum absolute atomic E-state index is 11.9. The number of carbonyl (C=O) groups excluding carboxylic acids is 1. The first-order valence-electron chi connectivity index (χ1n) is 9.11. The predicted molar refractivity (Wildman–Crippen MR) is 117 cm³/mol. The van der Waals surface area contributed by atoms with E-state index in [4.69, 9.17) is 25.8 Å². The molecule has 1 aromatic heterocycles. The van der Waals surface area contributed by atoms with Gasteiger partial charge in [-0.05, 0) is 48.0 Å². The van der Waals surface area contributed by atoms with E-state index in [9.17, 15) is 14.9 Å². The average Bonchev–Trinajstić information content (AvgIpc) is 2.80. The van der Waals surface area contributed by atoms with Gasteiger partial charge in [-0.15, -0.1) is 0 Å². The van der Waals surface area contributed by atoms with Crippen molar-refractivity contribution in [2.45, 2.75) is 0 Å². The molecule has 1 N–H and O–H groups in total. The van der Waals surface area contributed by atoms with Crippen LogP contribution in [-0.4, -0.2) is 35.7 Å². The van der Waals surface area contributed by atoms with E-state index in [1.807, 2.05) is 0 Å². The number of aromatic nitrogens is 1. The maximum atomic E-state index is 11.9. The Hall–Kier alpha value is -4.18. The lowest BCUT2D eigenvalue weighted by atomic mass is 10.2. The molecule has 10 nitrogen and oxygen atoms in total. The van der Waals surface area contributed by atoms with Gasteiger partial charge in [-0.2, -0.15) is 5.10 Å². The van der Waals surface area contributed by atoms with Crippen LogP contribution in [0.3, 0.4) is 0 Å². The van der Waals surface area contributed by atoms with E-state index in [0.29, 0.717) is 27.8 Å². The fraction of sp³-hybridized carbons (Fsp3) is 0.0952. The molecule has 0 spiro atoms. The van der Waals surface area contributed by atoms with Crippen LogP contribution in [0.15, 0.2) is 65.9 Å². The van der Waals surface area contributed by atoms with Crippen molar-refractivity contribution in [2.24, 2.45) is 5.10 Å². The Morgan fingerprint density at radius 3 is 2.62 bits per heavy atom. The molecule has 0 saturated heterocycles. The van der Waals surface area contributed by atoms with Crippen LogP contribution < -0.4 is 19.6 Å². The molecule has 0 atom stereocenters. The Morgan fingerprint density at radius 2 is 1.97 bits per heavy atom. The highest BCUT2D eigenvalue weighted by Crippen LogP contribution is 2.31. The number of hydrazone groups is 1. The molecule has 2 aromatic carbocycles. The summed E-state index contributed by atoms with van der Waals surface area (Å²) >= 11 is 5.79. The molecule has 0 unspecified atom stereocenters. The number of carbonyl (C=O) groups is 1. The van der Waals surface area contributed by atoms with Gasteiger partial charge < -0.3 is 14.2 Å². The second-order valence-electron chi connectivity index (χ2n) is 6.16. The van der Waals surface area contributed by atoms with E-state index in [0.717, 1.165) is 6.20 Å². The van der Waals surface area contributed by atoms with Gasteiger partial charge in [0, 0.05) is 17.2 Å². The summed E-state index contributed by atoms with van der Waals surface area (Å²) in [5, 5.41) is 15.2. The molecular weight excluding hydrogens is 440 g/mol. The minimum absolute atomic E-state index is 0.142. The fourth-order valence-electron chi connectivity index (χ4n) is 2.39. The second-order valence-corrected chi connectivity index (χ2v) is 6.60. The molecule has 0 saturated carbocycles. The monoisotopic (exact) mass is 456 g/mol. The fourth-order valence-corrected chi connectivity index (χ4v) is 2.52. The van der Waals surface area contributed by atoms with Gasteiger partial charge in [0.25, 0.3) is 11.6 Å². The number of amides is 1. The highest BCUT2D eigenvalue weighted by atomic mass is 35.5. The van der Waals surface area contributed by atoms with Gasteiger partial charge in [-0.25, -0.2) is 10.4 Å². The van der Waals surface area contributed by atoms with Gasteiger partial charge in [-0.3, -0.25) is 14.9 Å². The topological polar surface area (TPSA) is 125 Å². The number of hydrogen-bond donors (Lipinski definition) is 1. The van der Waals surface area contributed by atoms with Crippen LogP contribution in [0.25, 0.3) is 0 Å². The quantitative estimate of drug-likeness (QED) is 0.293. The summed E-state index contributed by atoms with van der Waals surface area (Å²) < 4.78 is 16.3. The third-order valence-electron chi connectivity index (χ3n) is 3.92. The number of ether oxygens (including phenoxy) is 3. The van der Waals surface area contributed by atoms with Crippen LogP contribution in [0.1, 0.15) is 5.56 Å². The average molecular weight is 457 g/mol. The van der Waals surface area contributed by atoms with E-state index in [-0.39, 0.29) is 18.2 Å². The van der Waals surface area contributed by atoms with Crippen molar-refractivity contribution in [3.8, 4) is 23.1 Å². The first-order valence-corrected chi connectivity index (χ1v) is 9.49.